The van der Waals surface area contributed by atoms with Crippen LogP contribution in [0.3, 0.4) is 0 Å². The van der Waals surface area contributed by atoms with Gasteiger partial charge in [-0.3, -0.25) is 0 Å². The van der Waals surface area contributed by atoms with Crippen LogP contribution in [0.2, 0.25) is 36.3 Å². The van der Waals surface area contributed by atoms with Crippen LogP contribution in [0, 0.1) is 11.8 Å². The fraction of sp³-hybridized carbons (Fsp3) is 0.677. The van der Waals surface area contributed by atoms with E-state index in [4.69, 9.17) is 13.6 Å². The molecule has 2 rings (SSSR count). The highest BCUT2D eigenvalue weighted by molar-refractivity contribution is 6.74. The molecule has 0 radical (unpaired) electrons. The van der Waals surface area contributed by atoms with Crippen LogP contribution in [0.5, 0.6) is 5.75 Å². The zero-order chi connectivity index (χ0) is 30.4. The topological polar surface area (TPSA) is 47.9 Å². The van der Waals surface area contributed by atoms with Gasteiger partial charge in [0.25, 0.3) is 0 Å². The van der Waals surface area contributed by atoms with Crippen molar-refractivity contribution < 1.29 is 31.9 Å². The van der Waals surface area contributed by atoms with E-state index >= 15 is 0 Å². The van der Waals surface area contributed by atoms with Crippen molar-refractivity contribution in [3.05, 3.63) is 54.6 Å². The number of benzene rings is 1. The van der Waals surface area contributed by atoms with E-state index in [1.807, 2.05) is 12.2 Å². The first-order chi connectivity index (χ1) is 18.5. The molecular weight excluding hydrogens is 550 g/mol. The second-order valence-electron chi connectivity index (χ2n) is 12.6. The summed E-state index contributed by atoms with van der Waals surface area (Å²) in [6.45, 7) is 21.5. The van der Waals surface area contributed by atoms with Crippen LogP contribution in [-0.4, -0.2) is 46.7 Å². The number of rotatable bonds is 14. The smallest absolute Gasteiger partial charge is 0.416 e. The van der Waals surface area contributed by atoms with Crippen molar-refractivity contribution in [2.24, 2.45) is 11.8 Å². The Balaban J connectivity index is 2.38. The average Bonchev–Trinajstić information content (AvgIpc) is 3.16. The van der Waals surface area contributed by atoms with Crippen LogP contribution in [0.4, 0.5) is 13.2 Å². The zero-order valence-corrected chi connectivity index (χ0v) is 27.7. The predicted octanol–water partition coefficient (Wildman–Crippen LogP) is 8.99. The summed E-state index contributed by atoms with van der Waals surface area (Å²) in [7, 11) is -4.16. The number of hydrogen-bond acceptors (Lipinski definition) is 4. The maximum absolute atomic E-state index is 13.3. The molecule has 1 fully saturated rings. The molecule has 1 aliphatic rings. The van der Waals surface area contributed by atoms with Crippen molar-refractivity contribution in [2.45, 2.75) is 115 Å². The molecule has 40 heavy (non-hydrogen) atoms. The first kappa shape index (κ1) is 34.8. The van der Waals surface area contributed by atoms with Gasteiger partial charge in [0.05, 0.1) is 23.9 Å². The predicted molar refractivity (Wildman–Crippen MR) is 163 cm³/mol. The van der Waals surface area contributed by atoms with Crippen LogP contribution in [0.15, 0.2) is 49.1 Å². The lowest BCUT2D eigenvalue weighted by molar-refractivity contribution is -0.137. The van der Waals surface area contributed by atoms with Crippen LogP contribution >= 0.6 is 0 Å². The van der Waals surface area contributed by atoms with Gasteiger partial charge < -0.3 is 18.7 Å². The second kappa shape index (κ2) is 14.2. The molecule has 228 valence electrons. The molecule has 1 saturated carbocycles. The first-order valence-electron chi connectivity index (χ1n) is 14.7. The van der Waals surface area contributed by atoms with Crippen molar-refractivity contribution in [3.63, 3.8) is 0 Å². The van der Waals surface area contributed by atoms with Gasteiger partial charge in [-0.1, -0.05) is 65.8 Å². The van der Waals surface area contributed by atoms with Crippen LogP contribution < -0.4 is 4.74 Å². The van der Waals surface area contributed by atoms with E-state index in [0.717, 1.165) is 30.3 Å². The van der Waals surface area contributed by atoms with Crippen molar-refractivity contribution >= 4 is 16.6 Å². The van der Waals surface area contributed by atoms with Gasteiger partial charge >= 0.3 is 6.18 Å². The molecule has 9 heteroatoms. The van der Waals surface area contributed by atoms with Crippen LogP contribution in [-0.2, 0) is 15.0 Å². The van der Waals surface area contributed by atoms with Gasteiger partial charge in [0.2, 0.25) is 0 Å². The van der Waals surface area contributed by atoms with Gasteiger partial charge in [0.1, 0.15) is 12.4 Å². The Labute approximate surface area is 242 Å². The Morgan fingerprint density at radius 3 is 2.25 bits per heavy atom. The lowest BCUT2D eigenvalue weighted by Gasteiger charge is -2.40. The normalized spacial score (nSPS) is 23.5. The van der Waals surface area contributed by atoms with Gasteiger partial charge in [-0.25, -0.2) is 0 Å². The summed E-state index contributed by atoms with van der Waals surface area (Å²) in [4.78, 5) is 0. The first-order valence-corrected chi connectivity index (χ1v) is 20.1. The van der Waals surface area contributed by atoms with E-state index in [1.54, 1.807) is 0 Å². The van der Waals surface area contributed by atoms with Gasteiger partial charge in [0.15, 0.2) is 16.6 Å². The number of hydrogen-bond donors (Lipinski definition) is 1. The molecule has 0 unspecified atom stereocenters. The minimum atomic E-state index is -4.44. The minimum Gasteiger partial charge on any atom is -0.491 e. The van der Waals surface area contributed by atoms with E-state index in [-0.39, 0.29) is 35.3 Å². The fourth-order valence-corrected chi connectivity index (χ4v) is 9.35. The summed E-state index contributed by atoms with van der Waals surface area (Å²) in [5.74, 6) is 0.0929. The summed E-state index contributed by atoms with van der Waals surface area (Å²) in [5, 5.41) is 11.0. The third-order valence-electron chi connectivity index (χ3n) is 9.04. The Morgan fingerprint density at radius 2 is 1.73 bits per heavy atom. The molecule has 0 aromatic heterocycles. The standard InChI is InChI=1S/C31H51F3O4Si2/c1-10-15-26-27(29(21-28(26)35)38-39(8,9)30(5,6)7)19-18-25(37-40(11-2,12-3)13-4)22-36-24-17-14-16-23(20-24)31(32,33)34/h10,14,16-20,25-29,35H,1,11-13,15,21-22H2,2-9H3/t25-,26-,27-,28+,29-/m1/s1. The summed E-state index contributed by atoms with van der Waals surface area (Å²) in [5.41, 5.74) is -0.741. The average molecular weight is 601 g/mol. The SMILES string of the molecule is C=CC[C@@H]1[C@@H](C=C[C@H](COc2cccc(C(F)(F)F)c2)O[Si](CC)(CC)CC)[C@H](O[Si](C)(C)C(C)(C)C)C[C@@H]1O. The molecule has 1 N–H and O–H groups in total. The van der Waals surface area contributed by atoms with Gasteiger partial charge in [-0.2, -0.15) is 13.2 Å². The Bertz CT molecular complexity index is 962. The van der Waals surface area contributed by atoms with Gasteiger partial charge in [-0.05, 0) is 73.2 Å². The monoisotopic (exact) mass is 600 g/mol. The maximum atomic E-state index is 13.3. The molecule has 0 spiro atoms. The molecule has 1 aliphatic carbocycles. The van der Waals surface area contributed by atoms with Crippen molar-refractivity contribution in [1.82, 2.24) is 0 Å². The molecule has 1 aromatic rings. The molecule has 5 atom stereocenters. The van der Waals surface area contributed by atoms with Crippen molar-refractivity contribution in [1.29, 1.82) is 0 Å². The molecule has 1 aromatic carbocycles. The molecule has 0 amide bonds. The summed E-state index contributed by atoms with van der Waals surface area (Å²) in [6, 6.07) is 7.77. The molecule has 0 saturated heterocycles. The zero-order valence-electron chi connectivity index (χ0n) is 25.7. The highest BCUT2D eigenvalue weighted by atomic mass is 28.4. The Kier molecular flexibility index (Phi) is 12.3. The van der Waals surface area contributed by atoms with Crippen molar-refractivity contribution in [2.75, 3.05) is 6.61 Å². The lowest BCUT2D eigenvalue weighted by Crippen LogP contribution is -2.45. The lowest BCUT2D eigenvalue weighted by atomic mass is 9.90. The third-order valence-corrected chi connectivity index (χ3v) is 18.2. The van der Waals surface area contributed by atoms with Crippen LogP contribution in [0.25, 0.3) is 0 Å². The molecule has 0 bridgehead atoms. The molecule has 4 nitrogen and oxygen atoms in total. The van der Waals surface area contributed by atoms with E-state index in [0.29, 0.717) is 12.8 Å². The van der Waals surface area contributed by atoms with E-state index in [1.165, 1.54) is 12.1 Å². The van der Waals surface area contributed by atoms with Gasteiger partial charge in [-0.15, -0.1) is 6.58 Å². The minimum absolute atomic E-state index is 0.0286. The number of halogens is 3. The number of alkyl halides is 3. The Morgan fingerprint density at radius 1 is 1.10 bits per heavy atom. The maximum Gasteiger partial charge on any atom is 0.416 e. The summed E-state index contributed by atoms with van der Waals surface area (Å²) >= 11 is 0. The second-order valence-corrected chi connectivity index (χ2v) is 22.1. The summed E-state index contributed by atoms with van der Waals surface area (Å²) in [6.07, 6.45) is 1.66. The number of allylic oxidation sites excluding steroid dienone is 1. The highest BCUT2D eigenvalue weighted by Crippen LogP contribution is 2.44. The van der Waals surface area contributed by atoms with E-state index in [2.05, 4.69) is 67.3 Å². The van der Waals surface area contributed by atoms with Gasteiger partial charge in [0, 0.05) is 5.92 Å². The highest BCUT2D eigenvalue weighted by Gasteiger charge is 2.47. The van der Waals surface area contributed by atoms with Crippen LogP contribution in [0.1, 0.15) is 59.9 Å². The molecule has 0 heterocycles. The quantitative estimate of drug-likeness (QED) is 0.171. The van der Waals surface area contributed by atoms with E-state index in [9.17, 15) is 18.3 Å². The molecular formula is C31H51F3O4Si2. The Hall–Kier alpha value is -1.40. The fourth-order valence-electron chi connectivity index (χ4n) is 5.20. The summed E-state index contributed by atoms with van der Waals surface area (Å²) < 4.78 is 59.3. The largest absolute Gasteiger partial charge is 0.491 e. The van der Waals surface area contributed by atoms with E-state index < -0.39 is 40.6 Å². The number of ether oxygens (including phenoxy) is 1. The molecule has 0 aliphatic heterocycles. The third kappa shape index (κ3) is 9.05. The number of aliphatic hydroxyl groups is 1. The number of aliphatic hydroxyl groups excluding tert-OH is 1. The van der Waals surface area contributed by atoms with Crippen molar-refractivity contribution in [3.8, 4) is 5.75 Å².